The number of halogens is 1. The van der Waals surface area contributed by atoms with Crippen LogP contribution in [-0.4, -0.2) is 43.1 Å². The van der Waals surface area contributed by atoms with Crippen molar-refractivity contribution in [1.29, 1.82) is 0 Å². The van der Waals surface area contributed by atoms with Gasteiger partial charge in [-0.3, -0.25) is 4.79 Å². The molecule has 0 radical (unpaired) electrons. The van der Waals surface area contributed by atoms with E-state index in [0.29, 0.717) is 22.7 Å². The third kappa shape index (κ3) is 5.50. The molecule has 1 aromatic carbocycles. The number of likely N-dealkylation sites (tertiary alicyclic amines) is 1. The zero-order valence-electron chi connectivity index (χ0n) is 13.3. The van der Waals surface area contributed by atoms with E-state index in [-0.39, 0.29) is 12.5 Å². The Labute approximate surface area is 137 Å². The Morgan fingerprint density at radius 2 is 1.95 bits per heavy atom. The third-order valence-electron chi connectivity index (χ3n) is 4.15. The Morgan fingerprint density at radius 1 is 1.32 bits per heavy atom. The number of nitrogens with one attached hydrogen (secondary N) is 1. The molecule has 0 bridgehead atoms. The van der Waals surface area contributed by atoms with E-state index in [1.807, 2.05) is 0 Å². The lowest BCUT2D eigenvalue weighted by atomic mass is 9.96. The van der Waals surface area contributed by atoms with Crippen LogP contribution in [0.15, 0.2) is 24.3 Å². The molecule has 122 valence electrons. The van der Waals surface area contributed by atoms with Gasteiger partial charge in [0.2, 0.25) is 0 Å². The van der Waals surface area contributed by atoms with Gasteiger partial charge >= 0.3 is 0 Å². The number of carbonyl (C=O) groups excluding carboxylic acids is 1. The molecule has 1 fully saturated rings. The van der Waals surface area contributed by atoms with Gasteiger partial charge in [-0.2, -0.15) is 0 Å². The Hall–Kier alpha value is -1.26. The second-order valence-corrected chi connectivity index (χ2v) is 6.56. The molecule has 1 aliphatic heterocycles. The van der Waals surface area contributed by atoms with Gasteiger partial charge in [0.05, 0.1) is 0 Å². The number of ether oxygens (including phenoxy) is 1. The van der Waals surface area contributed by atoms with E-state index in [0.717, 1.165) is 32.5 Å². The molecule has 1 aromatic rings. The summed E-state index contributed by atoms with van der Waals surface area (Å²) in [7, 11) is 0. The maximum Gasteiger partial charge on any atom is 0.257 e. The van der Waals surface area contributed by atoms with Crippen molar-refractivity contribution in [3.63, 3.8) is 0 Å². The lowest BCUT2D eigenvalue weighted by molar-refractivity contribution is -0.123. The first-order chi connectivity index (χ1) is 10.5. The van der Waals surface area contributed by atoms with Gasteiger partial charge in [-0.05, 0) is 70.0 Å². The maximum atomic E-state index is 11.8. The van der Waals surface area contributed by atoms with Gasteiger partial charge in [-0.1, -0.05) is 11.6 Å². The number of carbonyl (C=O) groups is 1. The summed E-state index contributed by atoms with van der Waals surface area (Å²) in [6.45, 7) is 7.51. The van der Waals surface area contributed by atoms with Crippen LogP contribution in [0.3, 0.4) is 0 Å². The largest absolute Gasteiger partial charge is 0.484 e. The first kappa shape index (κ1) is 17.1. The Balaban J connectivity index is 1.63. The molecule has 0 aromatic heterocycles. The number of hydrogen-bond donors (Lipinski definition) is 1. The van der Waals surface area contributed by atoms with Crippen molar-refractivity contribution in [2.24, 2.45) is 5.92 Å². The molecular weight excluding hydrogens is 300 g/mol. The van der Waals surface area contributed by atoms with Crippen LogP contribution in [0.1, 0.15) is 26.7 Å². The molecule has 1 aliphatic rings. The van der Waals surface area contributed by atoms with Crippen molar-refractivity contribution < 1.29 is 9.53 Å². The number of hydrogen-bond acceptors (Lipinski definition) is 3. The average molecular weight is 325 g/mol. The topological polar surface area (TPSA) is 41.6 Å². The van der Waals surface area contributed by atoms with Crippen molar-refractivity contribution in [3.05, 3.63) is 29.3 Å². The highest BCUT2D eigenvalue weighted by atomic mass is 35.5. The van der Waals surface area contributed by atoms with Gasteiger partial charge in [-0.25, -0.2) is 0 Å². The van der Waals surface area contributed by atoms with E-state index in [1.54, 1.807) is 24.3 Å². The monoisotopic (exact) mass is 324 g/mol. The molecule has 2 rings (SSSR count). The van der Waals surface area contributed by atoms with E-state index < -0.39 is 0 Å². The fraction of sp³-hybridized carbons (Fsp3) is 0.588. The molecule has 1 amide bonds. The van der Waals surface area contributed by atoms with Crippen LogP contribution in [0.25, 0.3) is 0 Å². The molecule has 1 saturated heterocycles. The molecule has 0 unspecified atom stereocenters. The summed E-state index contributed by atoms with van der Waals surface area (Å²) in [4.78, 5) is 14.3. The van der Waals surface area contributed by atoms with Gasteiger partial charge in [0.15, 0.2) is 6.61 Å². The van der Waals surface area contributed by atoms with E-state index in [4.69, 9.17) is 16.3 Å². The first-order valence-electron chi connectivity index (χ1n) is 7.93. The second kappa shape index (κ2) is 8.39. The van der Waals surface area contributed by atoms with Crippen LogP contribution in [0.2, 0.25) is 5.02 Å². The second-order valence-electron chi connectivity index (χ2n) is 6.12. The summed E-state index contributed by atoms with van der Waals surface area (Å²) in [5.74, 6) is 1.17. The molecule has 5 heteroatoms. The van der Waals surface area contributed by atoms with Crippen molar-refractivity contribution in [3.8, 4) is 5.75 Å². The summed E-state index contributed by atoms with van der Waals surface area (Å²) in [6, 6.07) is 7.63. The highest BCUT2D eigenvalue weighted by Gasteiger charge is 2.21. The molecular formula is C17H25ClN2O2. The normalized spacial score (nSPS) is 16.7. The molecule has 1 heterocycles. The summed E-state index contributed by atoms with van der Waals surface area (Å²) in [5, 5.41) is 3.63. The Morgan fingerprint density at radius 3 is 2.55 bits per heavy atom. The van der Waals surface area contributed by atoms with Crippen molar-refractivity contribution in [2.45, 2.75) is 32.7 Å². The predicted molar refractivity (Wildman–Crippen MR) is 89.4 cm³/mol. The van der Waals surface area contributed by atoms with Gasteiger partial charge < -0.3 is 15.0 Å². The zero-order chi connectivity index (χ0) is 15.9. The van der Waals surface area contributed by atoms with E-state index in [1.165, 1.54) is 0 Å². The first-order valence-corrected chi connectivity index (χ1v) is 8.31. The average Bonchev–Trinajstić information content (AvgIpc) is 2.52. The minimum absolute atomic E-state index is 0.0481. The number of amides is 1. The smallest absolute Gasteiger partial charge is 0.257 e. The summed E-state index contributed by atoms with van der Waals surface area (Å²) < 4.78 is 5.43. The summed E-state index contributed by atoms with van der Waals surface area (Å²) in [6.07, 6.45) is 2.30. The van der Waals surface area contributed by atoms with Crippen LogP contribution in [-0.2, 0) is 4.79 Å². The highest BCUT2D eigenvalue weighted by Crippen LogP contribution is 2.18. The van der Waals surface area contributed by atoms with Gasteiger partial charge in [0.25, 0.3) is 5.91 Å². The van der Waals surface area contributed by atoms with Crippen molar-refractivity contribution >= 4 is 17.5 Å². The van der Waals surface area contributed by atoms with E-state index in [9.17, 15) is 4.79 Å². The molecule has 0 aliphatic carbocycles. The minimum Gasteiger partial charge on any atom is -0.484 e. The van der Waals surface area contributed by atoms with Crippen molar-refractivity contribution in [2.75, 3.05) is 26.2 Å². The van der Waals surface area contributed by atoms with Gasteiger partial charge in [0, 0.05) is 17.6 Å². The number of benzene rings is 1. The number of piperidine rings is 1. The minimum atomic E-state index is -0.0683. The molecule has 22 heavy (non-hydrogen) atoms. The van der Waals surface area contributed by atoms with Crippen LogP contribution in [0.5, 0.6) is 5.75 Å². The maximum absolute atomic E-state index is 11.8. The molecule has 0 saturated carbocycles. The molecule has 1 N–H and O–H groups in total. The quantitative estimate of drug-likeness (QED) is 0.874. The Bertz CT molecular complexity index is 468. The lowest BCUT2D eigenvalue weighted by Gasteiger charge is -2.34. The predicted octanol–water partition coefficient (Wildman–Crippen LogP) is 2.96. The van der Waals surface area contributed by atoms with Crippen molar-refractivity contribution in [1.82, 2.24) is 10.2 Å². The summed E-state index contributed by atoms with van der Waals surface area (Å²) >= 11 is 5.80. The van der Waals surface area contributed by atoms with Crippen LogP contribution < -0.4 is 10.1 Å². The van der Waals surface area contributed by atoms with Crippen LogP contribution in [0, 0.1) is 5.92 Å². The fourth-order valence-corrected chi connectivity index (χ4v) is 2.79. The third-order valence-corrected chi connectivity index (χ3v) is 4.40. The van der Waals surface area contributed by atoms with Gasteiger partial charge in [0.1, 0.15) is 5.75 Å². The number of nitrogens with zero attached hydrogens (tertiary/aromatic N) is 1. The number of rotatable bonds is 6. The Kier molecular flexibility index (Phi) is 6.52. The molecule has 0 atom stereocenters. The van der Waals surface area contributed by atoms with E-state index >= 15 is 0 Å². The SMILES string of the molecule is CC(C)N1CCC(CNC(=O)COc2ccc(Cl)cc2)CC1. The highest BCUT2D eigenvalue weighted by molar-refractivity contribution is 6.30. The zero-order valence-corrected chi connectivity index (χ0v) is 14.1. The molecule has 4 nitrogen and oxygen atoms in total. The van der Waals surface area contributed by atoms with Gasteiger partial charge in [-0.15, -0.1) is 0 Å². The van der Waals surface area contributed by atoms with Crippen LogP contribution >= 0.6 is 11.6 Å². The fourth-order valence-electron chi connectivity index (χ4n) is 2.66. The lowest BCUT2D eigenvalue weighted by Crippen LogP contribution is -2.42. The standard InChI is InChI=1S/C17H25ClN2O2/c1-13(2)20-9-7-14(8-10-20)11-19-17(21)12-22-16-5-3-15(18)4-6-16/h3-6,13-14H,7-12H2,1-2H3,(H,19,21). The van der Waals surface area contributed by atoms with E-state index in [2.05, 4.69) is 24.1 Å². The summed E-state index contributed by atoms with van der Waals surface area (Å²) in [5.41, 5.74) is 0. The van der Waals surface area contributed by atoms with Crippen LogP contribution in [0.4, 0.5) is 0 Å². The molecule has 0 spiro atoms.